The molecule has 4 nitrogen and oxygen atoms in total. The summed E-state index contributed by atoms with van der Waals surface area (Å²) in [7, 11) is 1.91. The Morgan fingerprint density at radius 3 is 2.95 bits per heavy atom. The summed E-state index contributed by atoms with van der Waals surface area (Å²) in [6, 6.07) is 0. The third kappa shape index (κ3) is 3.15. The van der Waals surface area contributed by atoms with Crippen LogP contribution in [0.5, 0.6) is 0 Å². The minimum atomic E-state index is -0.177. The predicted octanol–water partition coefficient (Wildman–Crippen LogP) is 2.19. The maximum atomic E-state index is 12.7. The third-order valence-electron chi connectivity index (χ3n) is 3.83. The van der Waals surface area contributed by atoms with Crippen LogP contribution < -0.4 is 5.32 Å². The fourth-order valence-corrected chi connectivity index (χ4v) is 3.76. The molecule has 0 radical (unpaired) electrons. The van der Waals surface area contributed by atoms with Crippen LogP contribution in [0, 0.1) is 12.3 Å². The molecule has 1 saturated heterocycles. The first-order valence-corrected chi connectivity index (χ1v) is 7.76. The van der Waals surface area contributed by atoms with Crippen LogP contribution in [-0.2, 0) is 11.3 Å². The maximum Gasteiger partial charge on any atom is 0.230 e. The molecule has 0 bridgehead atoms. The van der Waals surface area contributed by atoms with E-state index in [1.807, 2.05) is 25.1 Å². The van der Waals surface area contributed by atoms with Crippen LogP contribution in [0.2, 0.25) is 0 Å². The summed E-state index contributed by atoms with van der Waals surface area (Å²) in [6.45, 7) is 6.61. The summed E-state index contributed by atoms with van der Waals surface area (Å²) in [4.78, 5) is 20.0. The maximum absolute atomic E-state index is 12.7. The molecule has 0 aliphatic carbocycles. The Labute approximate surface area is 119 Å². The second kappa shape index (κ2) is 6.01. The van der Waals surface area contributed by atoms with Crippen LogP contribution in [-0.4, -0.2) is 35.9 Å². The molecule has 5 heteroatoms. The van der Waals surface area contributed by atoms with Crippen LogP contribution in [0.4, 0.5) is 0 Å². The smallest absolute Gasteiger partial charge is 0.230 e. The molecule has 1 aromatic heterocycles. The first kappa shape index (κ1) is 14.5. The van der Waals surface area contributed by atoms with Crippen LogP contribution in [0.3, 0.4) is 0 Å². The lowest BCUT2D eigenvalue weighted by molar-refractivity contribution is -0.140. The topological polar surface area (TPSA) is 45.2 Å². The second-order valence-electron chi connectivity index (χ2n) is 5.46. The fourth-order valence-electron chi connectivity index (χ4n) is 2.91. The van der Waals surface area contributed by atoms with Crippen molar-refractivity contribution in [1.82, 2.24) is 15.2 Å². The van der Waals surface area contributed by atoms with Gasteiger partial charge in [0.2, 0.25) is 5.91 Å². The highest BCUT2D eigenvalue weighted by Crippen LogP contribution is 2.33. The Bertz CT molecular complexity index is 438. The summed E-state index contributed by atoms with van der Waals surface area (Å²) in [6.07, 6.45) is 4.88. The van der Waals surface area contributed by atoms with Crippen molar-refractivity contribution in [3.05, 3.63) is 16.1 Å². The van der Waals surface area contributed by atoms with Crippen LogP contribution >= 0.6 is 11.3 Å². The van der Waals surface area contributed by atoms with Crippen LogP contribution in [0.25, 0.3) is 0 Å². The standard InChI is InChI=1S/C14H23N3OS/c1-4-5-14(6-7-15-10-14)13(18)17(3)9-12-8-16-11(2)19-12/h8,15H,4-7,9-10H2,1-3H3. The first-order valence-electron chi connectivity index (χ1n) is 6.95. The van der Waals surface area contributed by atoms with Gasteiger partial charge in [0, 0.05) is 24.7 Å². The molecule has 1 atom stereocenters. The number of hydrogen-bond donors (Lipinski definition) is 1. The average molecular weight is 281 g/mol. The molecule has 0 spiro atoms. The van der Waals surface area contributed by atoms with E-state index in [-0.39, 0.29) is 11.3 Å². The molecule has 1 N–H and O–H groups in total. The summed E-state index contributed by atoms with van der Waals surface area (Å²) in [5.74, 6) is 0.283. The Balaban J connectivity index is 2.04. The van der Waals surface area contributed by atoms with Crippen molar-refractivity contribution in [3.8, 4) is 0 Å². The lowest BCUT2D eigenvalue weighted by atomic mass is 9.81. The molecule has 1 aliphatic heterocycles. The van der Waals surface area contributed by atoms with Crippen LogP contribution in [0.15, 0.2) is 6.20 Å². The highest BCUT2D eigenvalue weighted by molar-refractivity contribution is 7.11. The van der Waals surface area contributed by atoms with Gasteiger partial charge in [-0.3, -0.25) is 4.79 Å². The van der Waals surface area contributed by atoms with E-state index in [0.717, 1.165) is 42.2 Å². The van der Waals surface area contributed by atoms with Gasteiger partial charge in [-0.25, -0.2) is 4.98 Å². The molecule has 1 aliphatic rings. The van der Waals surface area contributed by atoms with E-state index in [4.69, 9.17) is 0 Å². The zero-order chi connectivity index (χ0) is 13.9. The quantitative estimate of drug-likeness (QED) is 0.900. The van der Waals surface area contributed by atoms with Gasteiger partial charge in [0.25, 0.3) is 0 Å². The number of carbonyl (C=O) groups is 1. The number of aromatic nitrogens is 1. The van der Waals surface area contributed by atoms with Gasteiger partial charge in [-0.15, -0.1) is 11.3 Å². The van der Waals surface area contributed by atoms with Gasteiger partial charge in [-0.2, -0.15) is 0 Å². The predicted molar refractivity (Wildman–Crippen MR) is 78.2 cm³/mol. The Hall–Kier alpha value is -0.940. The van der Waals surface area contributed by atoms with E-state index in [1.54, 1.807) is 11.3 Å². The number of thiazole rings is 1. The van der Waals surface area contributed by atoms with E-state index >= 15 is 0 Å². The van der Waals surface area contributed by atoms with Crippen molar-refractivity contribution >= 4 is 17.2 Å². The van der Waals surface area contributed by atoms with Crippen molar-refractivity contribution in [2.24, 2.45) is 5.41 Å². The zero-order valence-corrected chi connectivity index (χ0v) is 12.8. The van der Waals surface area contributed by atoms with Gasteiger partial charge >= 0.3 is 0 Å². The van der Waals surface area contributed by atoms with E-state index < -0.39 is 0 Å². The molecule has 0 aromatic carbocycles. The highest BCUT2D eigenvalue weighted by atomic mass is 32.1. The molecule has 106 valence electrons. The van der Waals surface area contributed by atoms with E-state index in [2.05, 4.69) is 17.2 Å². The number of nitrogens with zero attached hydrogens (tertiary/aromatic N) is 2. The molecular formula is C14H23N3OS. The Morgan fingerprint density at radius 2 is 2.42 bits per heavy atom. The number of hydrogen-bond acceptors (Lipinski definition) is 4. The summed E-state index contributed by atoms with van der Waals surface area (Å²) < 4.78 is 0. The van der Waals surface area contributed by atoms with Crippen molar-refractivity contribution in [2.75, 3.05) is 20.1 Å². The molecule has 2 rings (SSSR count). The molecule has 1 unspecified atom stereocenters. The van der Waals surface area contributed by atoms with Gasteiger partial charge in [-0.05, 0) is 26.3 Å². The molecule has 1 aromatic rings. The first-order chi connectivity index (χ1) is 9.07. The number of rotatable bonds is 5. The monoisotopic (exact) mass is 281 g/mol. The number of aryl methyl sites for hydroxylation is 1. The van der Waals surface area contributed by atoms with Crippen molar-refractivity contribution in [3.63, 3.8) is 0 Å². The normalized spacial score (nSPS) is 22.7. The van der Waals surface area contributed by atoms with Gasteiger partial charge in [-0.1, -0.05) is 13.3 Å². The zero-order valence-electron chi connectivity index (χ0n) is 12.0. The molecule has 2 heterocycles. The van der Waals surface area contributed by atoms with E-state index in [0.29, 0.717) is 6.54 Å². The van der Waals surface area contributed by atoms with E-state index in [1.165, 1.54) is 0 Å². The van der Waals surface area contributed by atoms with Crippen molar-refractivity contribution in [2.45, 2.75) is 39.7 Å². The summed E-state index contributed by atoms with van der Waals surface area (Å²) >= 11 is 1.67. The number of amides is 1. The minimum absolute atomic E-state index is 0.177. The third-order valence-corrected chi connectivity index (χ3v) is 4.73. The molecule has 19 heavy (non-hydrogen) atoms. The van der Waals surface area contributed by atoms with Gasteiger partial charge in [0.05, 0.1) is 17.0 Å². The highest BCUT2D eigenvalue weighted by Gasteiger charge is 2.41. The lowest BCUT2D eigenvalue weighted by Gasteiger charge is -2.31. The number of nitrogens with one attached hydrogen (secondary N) is 1. The lowest BCUT2D eigenvalue weighted by Crippen LogP contribution is -2.43. The SMILES string of the molecule is CCCC1(C(=O)N(C)Cc2cnc(C)s2)CCNC1. The van der Waals surface area contributed by atoms with Gasteiger partial charge < -0.3 is 10.2 Å². The van der Waals surface area contributed by atoms with Crippen molar-refractivity contribution < 1.29 is 4.79 Å². The fraction of sp³-hybridized carbons (Fsp3) is 0.714. The minimum Gasteiger partial charge on any atom is -0.340 e. The summed E-state index contributed by atoms with van der Waals surface area (Å²) in [5, 5.41) is 4.40. The molecular weight excluding hydrogens is 258 g/mol. The largest absolute Gasteiger partial charge is 0.340 e. The van der Waals surface area contributed by atoms with Gasteiger partial charge in [0.1, 0.15) is 0 Å². The molecule has 1 amide bonds. The molecule has 1 fully saturated rings. The molecule has 0 saturated carbocycles. The Kier molecular flexibility index (Phi) is 4.58. The number of carbonyl (C=O) groups excluding carboxylic acids is 1. The van der Waals surface area contributed by atoms with Crippen molar-refractivity contribution in [1.29, 1.82) is 0 Å². The van der Waals surface area contributed by atoms with Crippen LogP contribution in [0.1, 0.15) is 36.1 Å². The van der Waals surface area contributed by atoms with E-state index in [9.17, 15) is 4.79 Å². The Morgan fingerprint density at radius 1 is 1.63 bits per heavy atom. The summed E-state index contributed by atoms with van der Waals surface area (Å²) in [5.41, 5.74) is -0.177. The van der Waals surface area contributed by atoms with Gasteiger partial charge in [0.15, 0.2) is 0 Å². The average Bonchev–Trinajstić information content (AvgIpc) is 2.99. The second-order valence-corrected chi connectivity index (χ2v) is 6.78.